The summed E-state index contributed by atoms with van der Waals surface area (Å²) in [6.07, 6.45) is -4.00. The molecule has 2 nitrogen and oxygen atoms in total. The fraction of sp³-hybridized carbons (Fsp3) is 0.333. The van der Waals surface area contributed by atoms with E-state index in [1.807, 2.05) is 13.8 Å². The minimum Gasteiger partial charge on any atom is -0.489 e. The van der Waals surface area contributed by atoms with Gasteiger partial charge in [-0.1, -0.05) is 19.9 Å². The Kier molecular flexibility index (Phi) is 5.36. The molecule has 24 heavy (non-hydrogen) atoms. The highest BCUT2D eigenvalue weighted by atomic mass is 19.4. The summed E-state index contributed by atoms with van der Waals surface area (Å²) in [5.41, 5.74) is 6.22. The smallest absolute Gasteiger partial charge is 0.419 e. The minimum atomic E-state index is -4.73. The second-order valence-electron chi connectivity index (χ2n) is 6.07. The third-order valence-corrected chi connectivity index (χ3v) is 3.44. The maximum atomic E-state index is 13.3. The highest BCUT2D eigenvalue weighted by molar-refractivity contribution is 5.48. The van der Waals surface area contributed by atoms with E-state index < -0.39 is 17.6 Å². The molecule has 2 N–H and O–H groups in total. The number of hydrogen-bond acceptors (Lipinski definition) is 2. The Morgan fingerprint density at radius 3 is 2.42 bits per heavy atom. The van der Waals surface area contributed by atoms with Gasteiger partial charge in [0, 0.05) is 5.69 Å². The molecule has 2 aromatic carbocycles. The summed E-state index contributed by atoms with van der Waals surface area (Å²) in [5, 5.41) is 0. The first-order chi connectivity index (χ1) is 11.2. The van der Waals surface area contributed by atoms with E-state index >= 15 is 0 Å². The molecule has 0 spiro atoms. The van der Waals surface area contributed by atoms with E-state index in [1.165, 1.54) is 6.07 Å². The van der Waals surface area contributed by atoms with Crippen molar-refractivity contribution in [3.63, 3.8) is 0 Å². The van der Waals surface area contributed by atoms with Crippen LogP contribution in [0.5, 0.6) is 5.75 Å². The molecular weight excluding hydrogens is 322 g/mol. The Morgan fingerprint density at radius 1 is 1.08 bits per heavy atom. The van der Waals surface area contributed by atoms with Gasteiger partial charge in [0.25, 0.3) is 0 Å². The number of nitrogens with two attached hydrogens (primary N) is 1. The third kappa shape index (κ3) is 4.63. The van der Waals surface area contributed by atoms with Crippen LogP contribution >= 0.6 is 0 Å². The average Bonchev–Trinajstić information content (AvgIpc) is 2.46. The van der Waals surface area contributed by atoms with Gasteiger partial charge in [0.2, 0.25) is 0 Å². The van der Waals surface area contributed by atoms with Crippen molar-refractivity contribution in [1.82, 2.24) is 0 Å². The Bertz CT molecular complexity index is 711. The molecule has 6 heteroatoms. The van der Waals surface area contributed by atoms with Gasteiger partial charge >= 0.3 is 6.18 Å². The minimum absolute atomic E-state index is 0.0849. The number of hydrogen-bond donors (Lipinski definition) is 1. The van der Waals surface area contributed by atoms with E-state index in [9.17, 15) is 17.6 Å². The maximum Gasteiger partial charge on any atom is 0.419 e. The van der Waals surface area contributed by atoms with Crippen molar-refractivity contribution in [2.45, 2.75) is 33.1 Å². The lowest BCUT2D eigenvalue weighted by atomic mass is 10.0. The number of alkyl halides is 3. The predicted octanol–water partition coefficient (Wildman–Crippen LogP) is 5.20. The molecule has 0 saturated heterocycles. The largest absolute Gasteiger partial charge is 0.489 e. The molecule has 0 saturated carbocycles. The van der Waals surface area contributed by atoms with Gasteiger partial charge in [-0.15, -0.1) is 0 Å². The van der Waals surface area contributed by atoms with Gasteiger partial charge in [0.1, 0.15) is 18.2 Å². The lowest BCUT2D eigenvalue weighted by Crippen LogP contribution is -2.09. The van der Waals surface area contributed by atoms with Crippen LogP contribution in [0.25, 0.3) is 0 Å². The van der Waals surface area contributed by atoms with Crippen molar-refractivity contribution < 1.29 is 22.3 Å². The molecule has 0 amide bonds. The summed E-state index contributed by atoms with van der Waals surface area (Å²) in [4.78, 5) is 0. The van der Waals surface area contributed by atoms with Crippen LogP contribution in [0.2, 0.25) is 0 Å². The molecule has 0 atom stereocenters. The monoisotopic (exact) mass is 341 g/mol. The second kappa shape index (κ2) is 7.11. The maximum absolute atomic E-state index is 13.3. The summed E-state index contributed by atoms with van der Waals surface area (Å²) in [6.45, 7) is 4.00. The van der Waals surface area contributed by atoms with Crippen LogP contribution in [0.3, 0.4) is 0 Å². The third-order valence-electron chi connectivity index (χ3n) is 3.44. The lowest BCUT2D eigenvalue weighted by molar-refractivity contribution is -0.140. The van der Waals surface area contributed by atoms with E-state index in [4.69, 9.17) is 10.5 Å². The zero-order chi connectivity index (χ0) is 17.9. The molecule has 130 valence electrons. The highest BCUT2D eigenvalue weighted by Crippen LogP contribution is 2.32. The highest BCUT2D eigenvalue weighted by Gasteiger charge is 2.34. The van der Waals surface area contributed by atoms with Gasteiger partial charge in [0.05, 0.1) is 5.56 Å². The predicted molar refractivity (Wildman–Crippen MR) is 85.1 cm³/mol. The van der Waals surface area contributed by atoms with Gasteiger partial charge in [-0.25, -0.2) is 4.39 Å². The fourth-order valence-corrected chi connectivity index (χ4v) is 2.38. The summed E-state index contributed by atoms with van der Waals surface area (Å²) in [7, 11) is 0. The Labute approximate surface area is 138 Å². The van der Waals surface area contributed by atoms with Gasteiger partial charge in [0.15, 0.2) is 0 Å². The van der Waals surface area contributed by atoms with Crippen molar-refractivity contribution in [3.05, 3.63) is 58.9 Å². The zero-order valence-corrected chi connectivity index (χ0v) is 13.5. The van der Waals surface area contributed by atoms with Gasteiger partial charge in [-0.3, -0.25) is 0 Å². The second-order valence-corrected chi connectivity index (χ2v) is 6.07. The normalized spacial score (nSPS) is 11.8. The molecule has 0 fully saturated rings. The van der Waals surface area contributed by atoms with Crippen LogP contribution < -0.4 is 10.5 Å². The van der Waals surface area contributed by atoms with E-state index in [0.29, 0.717) is 17.4 Å². The number of anilines is 1. The summed E-state index contributed by atoms with van der Waals surface area (Å²) < 4.78 is 57.2. The van der Waals surface area contributed by atoms with Gasteiger partial charge in [-0.05, 0) is 53.8 Å². The number of ether oxygens (including phenoxy) is 1. The Hall–Kier alpha value is -2.24. The van der Waals surface area contributed by atoms with Crippen molar-refractivity contribution in [1.29, 1.82) is 0 Å². The quantitative estimate of drug-likeness (QED) is 0.599. The zero-order valence-electron chi connectivity index (χ0n) is 13.5. The molecule has 0 bridgehead atoms. The van der Waals surface area contributed by atoms with Crippen LogP contribution in [-0.2, 0) is 19.2 Å². The standard InChI is InChI=1S/C18H19F4NO/c1-11(2)7-13-9-14(23)4-6-17(13)24-10-12-3-5-16(19)15(8-12)18(20,21)22/h3-6,8-9,11H,7,10,23H2,1-2H3. The van der Waals surface area contributed by atoms with Crippen LogP contribution in [0.4, 0.5) is 23.2 Å². The molecule has 0 heterocycles. The molecule has 0 aliphatic carbocycles. The van der Waals surface area contributed by atoms with Crippen LogP contribution in [-0.4, -0.2) is 0 Å². The first kappa shape index (κ1) is 18.1. The Balaban J connectivity index is 2.20. The SMILES string of the molecule is CC(C)Cc1cc(N)ccc1OCc1ccc(F)c(C(F)(F)F)c1. The molecule has 0 unspecified atom stereocenters. The molecule has 2 aromatic rings. The van der Waals surface area contributed by atoms with Crippen LogP contribution in [0.15, 0.2) is 36.4 Å². The van der Waals surface area contributed by atoms with E-state index in [-0.39, 0.29) is 12.2 Å². The first-order valence-corrected chi connectivity index (χ1v) is 7.53. The summed E-state index contributed by atoms with van der Waals surface area (Å²) in [6, 6.07) is 8.02. The van der Waals surface area contributed by atoms with Crippen molar-refractivity contribution in [3.8, 4) is 5.75 Å². The molecule has 0 aliphatic heterocycles. The van der Waals surface area contributed by atoms with Crippen LogP contribution in [0.1, 0.15) is 30.5 Å². The van der Waals surface area contributed by atoms with Crippen molar-refractivity contribution >= 4 is 5.69 Å². The summed E-state index contributed by atoms with van der Waals surface area (Å²) >= 11 is 0. The van der Waals surface area contributed by atoms with Crippen molar-refractivity contribution in [2.24, 2.45) is 5.92 Å². The van der Waals surface area contributed by atoms with E-state index in [2.05, 4.69) is 0 Å². The molecule has 0 radical (unpaired) electrons. The fourth-order valence-electron chi connectivity index (χ4n) is 2.38. The molecule has 2 rings (SSSR count). The Morgan fingerprint density at radius 2 is 1.79 bits per heavy atom. The molecule has 0 aromatic heterocycles. The van der Waals surface area contributed by atoms with Gasteiger partial charge in [-0.2, -0.15) is 13.2 Å². The van der Waals surface area contributed by atoms with Crippen LogP contribution in [0, 0.1) is 11.7 Å². The van der Waals surface area contributed by atoms with E-state index in [0.717, 1.165) is 24.1 Å². The number of rotatable bonds is 5. The molecule has 0 aliphatic rings. The number of nitrogen functional groups attached to an aromatic ring is 1. The summed E-state index contributed by atoms with van der Waals surface area (Å²) in [5.74, 6) is -0.355. The number of halogens is 4. The lowest BCUT2D eigenvalue weighted by Gasteiger charge is -2.15. The van der Waals surface area contributed by atoms with Gasteiger partial charge < -0.3 is 10.5 Å². The van der Waals surface area contributed by atoms with Crippen molar-refractivity contribution in [2.75, 3.05) is 5.73 Å². The number of benzene rings is 2. The average molecular weight is 341 g/mol. The topological polar surface area (TPSA) is 35.2 Å². The molecular formula is C18H19F4NO. The first-order valence-electron chi connectivity index (χ1n) is 7.53. The van der Waals surface area contributed by atoms with E-state index in [1.54, 1.807) is 18.2 Å².